The predicted octanol–water partition coefficient (Wildman–Crippen LogP) is 4.08. The highest BCUT2D eigenvalue weighted by Gasteiger charge is 2.12. The summed E-state index contributed by atoms with van der Waals surface area (Å²) >= 11 is 5.48. The molecule has 0 saturated heterocycles. The largest absolute Gasteiger partial charge is 0.497 e. The molecular weight excluding hydrogens is 268 g/mol. The molecule has 1 aliphatic rings. The van der Waals surface area contributed by atoms with Crippen molar-refractivity contribution in [2.45, 2.75) is 32.1 Å². The van der Waals surface area contributed by atoms with Gasteiger partial charge in [-0.05, 0) is 49.9 Å². The molecule has 0 bridgehead atoms. The molecular formula is C16H18N2OS. The lowest BCUT2D eigenvalue weighted by molar-refractivity contribution is 0.415. The lowest BCUT2D eigenvalue weighted by atomic mass is 10.1. The number of nitrogens with one attached hydrogen (secondary N) is 1. The first-order valence-electron chi connectivity index (χ1n) is 7.04. The van der Waals surface area contributed by atoms with E-state index in [0.717, 1.165) is 34.6 Å². The van der Waals surface area contributed by atoms with Gasteiger partial charge < -0.3 is 9.72 Å². The van der Waals surface area contributed by atoms with Crippen LogP contribution in [0.15, 0.2) is 24.3 Å². The Bertz CT molecular complexity index is 661. The van der Waals surface area contributed by atoms with E-state index in [-0.39, 0.29) is 0 Å². The van der Waals surface area contributed by atoms with Crippen molar-refractivity contribution in [3.05, 3.63) is 40.2 Å². The monoisotopic (exact) mass is 286 g/mol. The van der Waals surface area contributed by atoms with Gasteiger partial charge in [-0.2, -0.15) is 0 Å². The summed E-state index contributed by atoms with van der Waals surface area (Å²) in [5, 5.41) is 0. The Hall–Kier alpha value is -1.68. The van der Waals surface area contributed by atoms with Crippen molar-refractivity contribution in [2.24, 2.45) is 0 Å². The molecule has 0 atom stereocenters. The Morgan fingerprint density at radius 2 is 1.85 bits per heavy atom. The Morgan fingerprint density at radius 3 is 2.60 bits per heavy atom. The summed E-state index contributed by atoms with van der Waals surface area (Å²) < 4.78 is 5.94. The van der Waals surface area contributed by atoms with Crippen LogP contribution in [0.2, 0.25) is 0 Å². The summed E-state index contributed by atoms with van der Waals surface area (Å²) in [7, 11) is 1.67. The number of aryl methyl sites for hydroxylation is 1. The second-order valence-electron chi connectivity index (χ2n) is 5.14. The van der Waals surface area contributed by atoms with E-state index in [9.17, 15) is 0 Å². The van der Waals surface area contributed by atoms with E-state index in [1.165, 1.54) is 30.5 Å². The second kappa shape index (κ2) is 5.75. The fourth-order valence-electron chi connectivity index (χ4n) is 2.68. The third-order valence-electron chi connectivity index (χ3n) is 3.82. The summed E-state index contributed by atoms with van der Waals surface area (Å²) in [5.41, 5.74) is 3.56. The summed E-state index contributed by atoms with van der Waals surface area (Å²) in [6.45, 7) is 0. The molecule has 1 N–H and O–H groups in total. The van der Waals surface area contributed by atoms with Gasteiger partial charge in [0.15, 0.2) is 0 Å². The van der Waals surface area contributed by atoms with Gasteiger partial charge in [0.1, 0.15) is 16.2 Å². The minimum Gasteiger partial charge on any atom is -0.497 e. The average Bonchev–Trinajstić information content (AvgIpc) is 2.73. The minimum atomic E-state index is 0.756. The number of nitrogens with zero attached hydrogens (tertiary/aromatic N) is 1. The highest BCUT2D eigenvalue weighted by Crippen LogP contribution is 2.24. The number of aromatic nitrogens is 2. The summed E-state index contributed by atoms with van der Waals surface area (Å²) in [6.07, 6.45) is 5.85. The SMILES string of the molecule is COc1ccc(-c2nc(=S)c3c([nH]2)CCCCC3)cc1. The first-order valence-corrected chi connectivity index (χ1v) is 7.45. The molecule has 1 heterocycles. The van der Waals surface area contributed by atoms with E-state index >= 15 is 0 Å². The zero-order chi connectivity index (χ0) is 13.9. The number of fused-ring (bicyclic) bond motifs is 1. The van der Waals surface area contributed by atoms with Crippen LogP contribution in [0.4, 0.5) is 0 Å². The molecule has 104 valence electrons. The van der Waals surface area contributed by atoms with Crippen molar-refractivity contribution in [1.29, 1.82) is 0 Å². The zero-order valence-electron chi connectivity index (χ0n) is 11.6. The van der Waals surface area contributed by atoms with Crippen molar-refractivity contribution in [3.63, 3.8) is 0 Å². The summed E-state index contributed by atoms with van der Waals surface area (Å²) in [6, 6.07) is 7.91. The molecule has 4 heteroatoms. The molecule has 1 aromatic carbocycles. The molecule has 1 aromatic heterocycles. The van der Waals surface area contributed by atoms with Gasteiger partial charge in [-0.25, -0.2) is 4.98 Å². The van der Waals surface area contributed by atoms with Gasteiger partial charge in [0.25, 0.3) is 0 Å². The van der Waals surface area contributed by atoms with Crippen LogP contribution in [0.1, 0.15) is 30.5 Å². The van der Waals surface area contributed by atoms with Crippen molar-refractivity contribution in [3.8, 4) is 17.1 Å². The number of aromatic amines is 1. The molecule has 0 radical (unpaired) electrons. The number of rotatable bonds is 2. The van der Waals surface area contributed by atoms with Crippen LogP contribution in [0.3, 0.4) is 0 Å². The molecule has 0 amide bonds. The molecule has 0 spiro atoms. The van der Waals surface area contributed by atoms with Crippen LogP contribution < -0.4 is 4.74 Å². The molecule has 3 rings (SSSR count). The van der Waals surface area contributed by atoms with Gasteiger partial charge >= 0.3 is 0 Å². The number of methoxy groups -OCH3 is 1. The maximum atomic E-state index is 5.48. The molecule has 2 aromatic rings. The Labute approximate surface area is 124 Å². The molecule has 1 aliphatic carbocycles. The van der Waals surface area contributed by atoms with Crippen LogP contribution in [-0.4, -0.2) is 17.1 Å². The highest BCUT2D eigenvalue weighted by atomic mass is 32.1. The maximum absolute atomic E-state index is 5.48. The van der Waals surface area contributed by atoms with E-state index < -0.39 is 0 Å². The Kier molecular flexibility index (Phi) is 3.83. The molecule has 0 fully saturated rings. The highest BCUT2D eigenvalue weighted by molar-refractivity contribution is 7.71. The summed E-state index contributed by atoms with van der Waals surface area (Å²) in [5.74, 6) is 1.71. The van der Waals surface area contributed by atoms with Crippen molar-refractivity contribution in [1.82, 2.24) is 9.97 Å². The maximum Gasteiger partial charge on any atom is 0.139 e. The zero-order valence-corrected chi connectivity index (χ0v) is 12.4. The molecule has 0 unspecified atom stereocenters. The predicted molar refractivity (Wildman–Crippen MR) is 82.7 cm³/mol. The van der Waals surface area contributed by atoms with Crippen LogP contribution in [0.25, 0.3) is 11.4 Å². The van der Waals surface area contributed by atoms with Crippen LogP contribution in [0, 0.1) is 4.64 Å². The van der Waals surface area contributed by atoms with Gasteiger partial charge in [0, 0.05) is 16.8 Å². The normalized spacial score (nSPS) is 14.4. The second-order valence-corrected chi connectivity index (χ2v) is 5.52. The lowest BCUT2D eigenvalue weighted by Crippen LogP contribution is -2.02. The van der Waals surface area contributed by atoms with E-state index in [2.05, 4.69) is 9.97 Å². The summed E-state index contributed by atoms with van der Waals surface area (Å²) in [4.78, 5) is 8.05. The molecule has 20 heavy (non-hydrogen) atoms. The quantitative estimate of drug-likeness (QED) is 0.667. The van der Waals surface area contributed by atoms with Crippen LogP contribution in [0.5, 0.6) is 5.75 Å². The number of ether oxygens (including phenoxy) is 1. The van der Waals surface area contributed by atoms with Crippen molar-refractivity contribution >= 4 is 12.2 Å². The fraction of sp³-hybridized carbons (Fsp3) is 0.375. The Balaban J connectivity index is 2.03. The average molecular weight is 286 g/mol. The van der Waals surface area contributed by atoms with E-state index in [0.29, 0.717) is 0 Å². The minimum absolute atomic E-state index is 0.756. The van der Waals surface area contributed by atoms with E-state index in [4.69, 9.17) is 17.0 Å². The first-order chi connectivity index (χ1) is 9.78. The molecule has 0 saturated carbocycles. The number of benzene rings is 1. The topological polar surface area (TPSA) is 37.9 Å². The first kappa shape index (κ1) is 13.3. The molecule has 0 aliphatic heterocycles. The van der Waals surface area contributed by atoms with E-state index in [1.807, 2.05) is 24.3 Å². The lowest BCUT2D eigenvalue weighted by Gasteiger charge is -2.10. The third kappa shape index (κ3) is 2.61. The third-order valence-corrected chi connectivity index (χ3v) is 4.16. The van der Waals surface area contributed by atoms with Crippen LogP contribution in [-0.2, 0) is 12.8 Å². The van der Waals surface area contributed by atoms with Gasteiger partial charge in [0.2, 0.25) is 0 Å². The number of hydrogen-bond donors (Lipinski definition) is 1. The van der Waals surface area contributed by atoms with Crippen LogP contribution >= 0.6 is 12.2 Å². The van der Waals surface area contributed by atoms with Crippen molar-refractivity contribution in [2.75, 3.05) is 7.11 Å². The standard InChI is InChI=1S/C16H18N2OS/c1-19-12-9-7-11(8-10-12)15-17-14-6-4-2-3-5-13(14)16(20)18-15/h7-10H,2-6H2,1H3,(H,17,18,20). The Morgan fingerprint density at radius 1 is 1.10 bits per heavy atom. The fourth-order valence-corrected chi connectivity index (χ4v) is 3.00. The van der Waals surface area contributed by atoms with Crippen molar-refractivity contribution < 1.29 is 4.74 Å². The van der Waals surface area contributed by atoms with Gasteiger partial charge in [-0.15, -0.1) is 0 Å². The molecule has 3 nitrogen and oxygen atoms in total. The van der Waals surface area contributed by atoms with Gasteiger partial charge in [0.05, 0.1) is 7.11 Å². The number of H-pyrrole nitrogens is 1. The van der Waals surface area contributed by atoms with Gasteiger partial charge in [-0.3, -0.25) is 0 Å². The number of hydrogen-bond acceptors (Lipinski definition) is 3. The van der Waals surface area contributed by atoms with Gasteiger partial charge in [-0.1, -0.05) is 18.6 Å². The smallest absolute Gasteiger partial charge is 0.139 e. The van der Waals surface area contributed by atoms with E-state index in [1.54, 1.807) is 7.11 Å².